The molecular weight excluding hydrogens is 514 g/mol. The number of ether oxygens (including phenoxy) is 2. The van der Waals surface area contributed by atoms with Crippen molar-refractivity contribution in [3.63, 3.8) is 0 Å². The number of likely N-dealkylation sites (tertiary alicyclic amines) is 1. The molecule has 210 valence electrons. The number of nitrogen functional groups attached to an aromatic ring is 1. The van der Waals surface area contributed by atoms with Crippen molar-refractivity contribution in [3.8, 4) is 11.5 Å². The van der Waals surface area contributed by atoms with E-state index in [9.17, 15) is 4.79 Å². The van der Waals surface area contributed by atoms with Crippen molar-refractivity contribution in [2.24, 2.45) is 5.73 Å². The molecule has 4 aromatic carbocycles. The molecule has 0 radical (unpaired) electrons. The summed E-state index contributed by atoms with van der Waals surface area (Å²) in [6.07, 6.45) is 1.84. The van der Waals surface area contributed by atoms with Gasteiger partial charge in [0.25, 0.3) is 5.91 Å². The van der Waals surface area contributed by atoms with Gasteiger partial charge in [0.05, 0.1) is 19.5 Å². The van der Waals surface area contributed by atoms with Crippen LogP contribution >= 0.6 is 0 Å². The van der Waals surface area contributed by atoms with Crippen LogP contribution in [0.4, 0.5) is 5.69 Å². The molecule has 5 rings (SSSR count). The van der Waals surface area contributed by atoms with Crippen molar-refractivity contribution >= 4 is 34.0 Å². The fraction of sp³-hybridized carbons (Fsp3) is 0.242. The highest BCUT2D eigenvalue weighted by atomic mass is 16.5. The van der Waals surface area contributed by atoms with E-state index in [-0.39, 0.29) is 17.8 Å². The molecule has 1 amide bonds. The molecule has 0 aliphatic carbocycles. The number of hydrogen-bond donors (Lipinski definition) is 3. The van der Waals surface area contributed by atoms with E-state index in [1.807, 2.05) is 67.6 Å². The highest BCUT2D eigenvalue weighted by molar-refractivity contribution is 6.06. The molecule has 0 spiro atoms. The van der Waals surface area contributed by atoms with E-state index in [1.165, 1.54) is 0 Å². The summed E-state index contributed by atoms with van der Waals surface area (Å²) in [5.74, 6) is 1.94. The van der Waals surface area contributed by atoms with E-state index >= 15 is 0 Å². The van der Waals surface area contributed by atoms with Gasteiger partial charge in [0.15, 0.2) is 0 Å². The van der Waals surface area contributed by atoms with Crippen molar-refractivity contribution in [1.29, 1.82) is 10.8 Å². The molecule has 0 saturated carbocycles. The molecule has 0 unspecified atom stereocenters. The summed E-state index contributed by atoms with van der Waals surface area (Å²) in [6.45, 7) is 3.82. The maximum atomic E-state index is 13.8. The number of carbonyl (C=O) groups is 1. The van der Waals surface area contributed by atoms with Crippen molar-refractivity contribution in [2.45, 2.75) is 32.4 Å². The normalized spacial score (nSPS) is 13.6. The largest absolute Gasteiger partial charge is 0.497 e. The monoisotopic (exact) mass is 549 g/mol. The molecule has 8 heteroatoms. The molecule has 1 fully saturated rings. The number of methoxy groups -OCH3 is 1. The molecule has 41 heavy (non-hydrogen) atoms. The van der Waals surface area contributed by atoms with Gasteiger partial charge >= 0.3 is 0 Å². The highest BCUT2D eigenvalue weighted by Gasteiger charge is 2.22. The summed E-state index contributed by atoms with van der Waals surface area (Å²) in [6, 6.07) is 26.5. The number of rotatable bonds is 8. The Morgan fingerprint density at radius 1 is 0.878 bits per heavy atom. The van der Waals surface area contributed by atoms with Gasteiger partial charge in [-0.15, -0.1) is 0 Å². The molecule has 0 bridgehead atoms. The molecule has 1 aliphatic rings. The predicted molar refractivity (Wildman–Crippen MR) is 164 cm³/mol. The number of hydrogen-bond acceptors (Lipinski definition) is 5. The number of carbonyl (C=O) groups excluding carboxylic acids is 1. The summed E-state index contributed by atoms with van der Waals surface area (Å²) in [7, 11) is 1.60. The molecule has 0 atom stereocenters. The third-order valence-electron chi connectivity index (χ3n) is 7.51. The molecule has 1 aliphatic heterocycles. The van der Waals surface area contributed by atoms with Crippen LogP contribution in [0.5, 0.6) is 11.5 Å². The molecule has 4 N–H and O–H groups in total. The van der Waals surface area contributed by atoms with Crippen LogP contribution in [0.15, 0.2) is 84.9 Å². The van der Waals surface area contributed by atoms with E-state index in [0.29, 0.717) is 29.3 Å². The average Bonchev–Trinajstić information content (AvgIpc) is 3.00. The zero-order valence-electron chi connectivity index (χ0n) is 23.4. The third kappa shape index (κ3) is 6.49. The summed E-state index contributed by atoms with van der Waals surface area (Å²) in [4.78, 5) is 17.7. The number of amides is 1. The van der Waals surface area contributed by atoms with Gasteiger partial charge < -0.3 is 25.0 Å². The Morgan fingerprint density at radius 3 is 2.15 bits per heavy atom. The molecular formula is C33H35N5O3. The van der Waals surface area contributed by atoms with Gasteiger partial charge in [0.1, 0.15) is 23.4 Å². The van der Waals surface area contributed by atoms with E-state index in [0.717, 1.165) is 53.7 Å². The van der Waals surface area contributed by atoms with Gasteiger partial charge in [-0.25, -0.2) is 0 Å². The first-order chi connectivity index (χ1) is 19.8. The van der Waals surface area contributed by atoms with Crippen LogP contribution in [0.2, 0.25) is 0 Å². The minimum Gasteiger partial charge on any atom is -0.497 e. The molecule has 1 saturated heterocycles. The Bertz CT molecular complexity index is 1560. The number of piperidine rings is 1. The Morgan fingerprint density at radius 2 is 1.51 bits per heavy atom. The Balaban J connectivity index is 1.40. The van der Waals surface area contributed by atoms with E-state index in [4.69, 9.17) is 26.0 Å². The quantitative estimate of drug-likeness (QED) is 0.189. The standard InChI is InChI=1S/C33H35N5O3/c1-22(34)37-17-15-31(16-18-37)41-30-13-9-28(10-14-30)38(33(39)25-7-11-29(40-2)12-8-25)21-23-3-4-24-5-6-26(32(35)36)20-27(24)19-23/h3-14,19-20,31,34H,15-18,21H2,1-2H3,(H3,35,36). The van der Waals surface area contributed by atoms with Gasteiger partial charge in [-0.2, -0.15) is 0 Å². The van der Waals surface area contributed by atoms with Crippen LogP contribution < -0.4 is 20.1 Å². The van der Waals surface area contributed by atoms with Crippen molar-refractivity contribution < 1.29 is 14.3 Å². The molecule has 0 aromatic heterocycles. The first-order valence-corrected chi connectivity index (χ1v) is 13.7. The van der Waals surface area contributed by atoms with E-state index < -0.39 is 0 Å². The van der Waals surface area contributed by atoms with Gasteiger partial charge in [-0.05, 0) is 83.9 Å². The Labute approximate surface area is 240 Å². The number of benzene rings is 4. The fourth-order valence-corrected chi connectivity index (χ4v) is 5.12. The van der Waals surface area contributed by atoms with Gasteiger partial charge in [-0.3, -0.25) is 15.6 Å². The van der Waals surface area contributed by atoms with E-state index in [1.54, 1.807) is 36.3 Å². The maximum Gasteiger partial charge on any atom is 0.258 e. The summed E-state index contributed by atoms with van der Waals surface area (Å²) < 4.78 is 11.5. The topological polar surface area (TPSA) is 116 Å². The lowest BCUT2D eigenvalue weighted by Crippen LogP contribution is -2.40. The Kier molecular flexibility index (Phi) is 8.19. The lowest BCUT2D eigenvalue weighted by molar-refractivity contribution is 0.0985. The zero-order valence-corrected chi connectivity index (χ0v) is 23.4. The smallest absolute Gasteiger partial charge is 0.258 e. The highest BCUT2D eigenvalue weighted by Crippen LogP contribution is 2.27. The molecule has 8 nitrogen and oxygen atoms in total. The average molecular weight is 550 g/mol. The first kappa shape index (κ1) is 27.7. The Hall–Kier alpha value is -4.85. The fourth-order valence-electron chi connectivity index (χ4n) is 5.12. The minimum absolute atomic E-state index is 0.0197. The lowest BCUT2D eigenvalue weighted by Gasteiger charge is -2.33. The van der Waals surface area contributed by atoms with Crippen LogP contribution in [0.1, 0.15) is 41.3 Å². The number of nitrogens with two attached hydrogens (primary N) is 1. The van der Waals surface area contributed by atoms with Crippen molar-refractivity contribution in [1.82, 2.24) is 4.90 Å². The van der Waals surface area contributed by atoms with Crippen LogP contribution in [-0.4, -0.2) is 48.8 Å². The number of nitrogens with one attached hydrogen (secondary N) is 2. The molecule has 4 aromatic rings. The molecule has 1 heterocycles. The SMILES string of the molecule is COc1ccc(C(=O)N(Cc2ccc3ccc(C(=N)N)cc3c2)c2ccc(OC3CCN(C(C)=N)CC3)cc2)cc1. The third-order valence-corrected chi connectivity index (χ3v) is 7.51. The number of nitrogens with zero attached hydrogens (tertiary/aromatic N) is 2. The minimum atomic E-state index is -0.131. The van der Waals surface area contributed by atoms with Crippen LogP contribution in [-0.2, 0) is 6.54 Å². The zero-order chi connectivity index (χ0) is 28.9. The second-order valence-corrected chi connectivity index (χ2v) is 10.3. The number of fused-ring (bicyclic) bond motifs is 1. The van der Waals surface area contributed by atoms with Crippen LogP contribution in [0.3, 0.4) is 0 Å². The lowest BCUT2D eigenvalue weighted by atomic mass is 10.0. The summed E-state index contributed by atoms with van der Waals surface area (Å²) >= 11 is 0. The van der Waals surface area contributed by atoms with Crippen LogP contribution in [0, 0.1) is 10.8 Å². The van der Waals surface area contributed by atoms with Gasteiger partial charge in [0, 0.05) is 42.7 Å². The number of anilines is 1. The van der Waals surface area contributed by atoms with E-state index in [2.05, 4.69) is 4.90 Å². The summed E-state index contributed by atoms with van der Waals surface area (Å²) in [5, 5.41) is 17.6. The maximum absolute atomic E-state index is 13.8. The van der Waals surface area contributed by atoms with Gasteiger partial charge in [0.2, 0.25) is 0 Å². The van der Waals surface area contributed by atoms with Gasteiger partial charge in [-0.1, -0.05) is 24.3 Å². The second-order valence-electron chi connectivity index (χ2n) is 10.3. The number of amidine groups is 2. The van der Waals surface area contributed by atoms with Crippen molar-refractivity contribution in [3.05, 3.63) is 102 Å². The second kappa shape index (κ2) is 12.1. The summed E-state index contributed by atoms with van der Waals surface area (Å²) in [5.41, 5.74) is 8.64. The van der Waals surface area contributed by atoms with Crippen LogP contribution in [0.25, 0.3) is 10.8 Å². The van der Waals surface area contributed by atoms with Crippen molar-refractivity contribution in [2.75, 3.05) is 25.1 Å². The predicted octanol–water partition coefficient (Wildman–Crippen LogP) is 5.82. The first-order valence-electron chi connectivity index (χ1n) is 13.7.